The van der Waals surface area contributed by atoms with E-state index in [1.165, 1.54) is 43.6 Å². The minimum Gasteiger partial charge on any atom is -0.497 e. The summed E-state index contributed by atoms with van der Waals surface area (Å²) >= 11 is 6.32. The Labute approximate surface area is 274 Å². The Morgan fingerprint density at radius 2 is 1.74 bits per heavy atom. The van der Waals surface area contributed by atoms with Gasteiger partial charge in [0.1, 0.15) is 24.1 Å². The van der Waals surface area contributed by atoms with E-state index in [2.05, 4.69) is 10.3 Å². The number of carbonyl (C=O) groups is 1. The van der Waals surface area contributed by atoms with Gasteiger partial charge in [-0.2, -0.15) is 13.2 Å². The number of sulfone groups is 1. The summed E-state index contributed by atoms with van der Waals surface area (Å²) in [6.07, 6.45) is -2.27. The van der Waals surface area contributed by atoms with Gasteiger partial charge in [-0.15, -0.1) is 0 Å². The normalized spacial score (nSPS) is 12.6. The van der Waals surface area contributed by atoms with E-state index in [0.29, 0.717) is 22.7 Å². The molecule has 0 aliphatic heterocycles. The van der Waals surface area contributed by atoms with Gasteiger partial charge in [-0.1, -0.05) is 48.0 Å². The van der Waals surface area contributed by atoms with Crippen LogP contribution in [0, 0.1) is 0 Å². The minimum absolute atomic E-state index is 0.0260. The number of halogens is 4. The van der Waals surface area contributed by atoms with Gasteiger partial charge in [-0.25, -0.2) is 8.42 Å². The second-order valence-electron chi connectivity index (χ2n) is 10.6. The fraction of sp³-hybridized carbons (Fsp3) is 0.206. The van der Waals surface area contributed by atoms with Crippen LogP contribution >= 0.6 is 11.6 Å². The molecule has 1 heterocycles. The molecule has 0 bridgehead atoms. The van der Waals surface area contributed by atoms with Crippen molar-refractivity contribution in [2.24, 2.45) is 0 Å². The largest absolute Gasteiger partial charge is 0.497 e. The van der Waals surface area contributed by atoms with Crippen LogP contribution in [-0.2, 0) is 27.4 Å². The second kappa shape index (κ2) is 14.1. The Balaban J connectivity index is 1.53. The summed E-state index contributed by atoms with van der Waals surface area (Å²) in [7, 11) is -2.33. The van der Waals surface area contributed by atoms with Gasteiger partial charge in [0, 0.05) is 51.3 Å². The van der Waals surface area contributed by atoms with Gasteiger partial charge in [0.2, 0.25) is 0 Å². The first kappa shape index (κ1) is 33.8. The van der Waals surface area contributed by atoms with Gasteiger partial charge in [-0.05, 0) is 48.0 Å². The van der Waals surface area contributed by atoms with Gasteiger partial charge >= 0.3 is 6.18 Å². The SMILES string of the molecule is COc1cc(NC(C(=O)c2c[nH]c3ccc(C(F)(F)F)cc23)c2ccc(Cl)cc2OCCOCc2ccccc2)cc(S(C)(=O)=O)c1. The molecule has 2 N–H and O–H groups in total. The third kappa shape index (κ3) is 8.26. The van der Waals surface area contributed by atoms with Crippen molar-refractivity contribution in [2.45, 2.75) is 23.7 Å². The van der Waals surface area contributed by atoms with Crippen LogP contribution in [0.2, 0.25) is 5.02 Å². The number of H-pyrrole nitrogens is 1. The Hall–Kier alpha value is -4.52. The van der Waals surface area contributed by atoms with Crippen molar-refractivity contribution in [2.75, 3.05) is 31.9 Å². The van der Waals surface area contributed by atoms with Crippen LogP contribution in [0.15, 0.2) is 96.0 Å². The molecule has 13 heteroatoms. The molecule has 4 aromatic carbocycles. The smallest absolute Gasteiger partial charge is 0.416 e. The van der Waals surface area contributed by atoms with E-state index in [0.717, 1.165) is 24.0 Å². The standard InChI is InChI=1S/C34H30ClF3N2O6S/c1-44-25-16-24(17-26(18-25)47(2,42)43)40-32(33(41)29-19-39-30-11-8-22(14-28(29)30)34(36,37)38)27-10-9-23(35)15-31(27)46-13-12-45-20-21-6-4-3-5-7-21/h3-11,14-19,32,39-40H,12-13,20H2,1-2H3. The lowest BCUT2D eigenvalue weighted by atomic mass is 9.95. The zero-order chi connectivity index (χ0) is 33.8. The lowest BCUT2D eigenvalue weighted by Gasteiger charge is -2.23. The number of rotatable bonds is 13. The molecule has 0 spiro atoms. The Kier molecular flexibility index (Phi) is 10.1. The molecule has 1 unspecified atom stereocenters. The Morgan fingerprint density at radius 1 is 0.979 bits per heavy atom. The number of alkyl halides is 3. The highest BCUT2D eigenvalue weighted by Gasteiger charge is 2.33. The highest BCUT2D eigenvalue weighted by molar-refractivity contribution is 7.90. The average molecular weight is 687 g/mol. The molecule has 0 aliphatic carbocycles. The first-order valence-corrected chi connectivity index (χ1v) is 16.5. The lowest BCUT2D eigenvalue weighted by Crippen LogP contribution is -2.23. The van der Waals surface area contributed by atoms with Crippen LogP contribution in [0.3, 0.4) is 0 Å². The number of hydrogen-bond donors (Lipinski definition) is 2. The van der Waals surface area contributed by atoms with Crippen molar-refractivity contribution < 1.29 is 40.6 Å². The zero-order valence-corrected chi connectivity index (χ0v) is 26.8. The van der Waals surface area contributed by atoms with Crippen molar-refractivity contribution in [1.29, 1.82) is 0 Å². The maximum Gasteiger partial charge on any atom is 0.416 e. The molecule has 0 saturated carbocycles. The van der Waals surface area contributed by atoms with Crippen LogP contribution in [-0.4, -0.2) is 45.8 Å². The molecule has 47 heavy (non-hydrogen) atoms. The quantitative estimate of drug-likeness (QED) is 0.0959. The number of aromatic nitrogens is 1. The van der Waals surface area contributed by atoms with Crippen molar-refractivity contribution in [3.8, 4) is 11.5 Å². The fourth-order valence-corrected chi connectivity index (χ4v) is 5.77. The number of ketones is 1. The average Bonchev–Trinajstić information content (AvgIpc) is 3.46. The molecule has 0 radical (unpaired) electrons. The molecule has 5 aromatic rings. The van der Waals surface area contributed by atoms with E-state index in [9.17, 15) is 26.4 Å². The zero-order valence-electron chi connectivity index (χ0n) is 25.2. The number of aromatic amines is 1. The predicted molar refractivity (Wildman–Crippen MR) is 173 cm³/mol. The molecular weight excluding hydrogens is 657 g/mol. The van der Waals surface area contributed by atoms with Gasteiger partial charge in [-0.3, -0.25) is 4.79 Å². The maximum atomic E-state index is 14.4. The molecule has 246 valence electrons. The van der Waals surface area contributed by atoms with Crippen molar-refractivity contribution in [3.63, 3.8) is 0 Å². The number of hydrogen-bond acceptors (Lipinski definition) is 7. The number of ether oxygens (including phenoxy) is 3. The monoisotopic (exact) mass is 686 g/mol. The fourth-order valence-electron chi connectivity index (χ4n) is 4.94. The molecule has 0 fully saturated rings. The first-order valence-electron chi connectivity index (χ1n) is 14.3. The predicted octanol–water partition coefficient (Wildman–Crippen LogP) is 7.88. The van der Waals surface area contributed by atoms with E-state index in [1.54, 1.807) is 12.1 Å². The summed E-state index contributed by atoms with van der Waals surface area (Å²) in [5, 5.41) is 3.45. The van der Waals surface area contributed by atoms with E-state index >= 15 is 0 Å². The number of Topliss-reactive ketones (excluding diaryl/α,β-unsaturated/α-hetero) is 1. The third-order valence-electron chi connectivity index (χ3n) is 7.28. The third-order valence-corrected chi connectivity index (χ3v) is 8.60. The summed E-state index contributed by atoms with van der Waals surface area (Å²) in [5.41, 5.74) is 0.856. The maximum absolute atomic E-state index is 14.4. The van der Waals surface area contributed by atoms with E-state index in [4.69, 9.17) is 25.8 Å². The summed E-state index contributed by atoms with van der Waals surface area (Å²) in [5.74, 6) is -0.202. The van der Waals surface area contributed by atoms with Crippen molar-refractivity contribution >= 4 is 43.8 Å². The van der Waals surface area contributed by atoms with E-state index in [1.807, 2.05) is 30.3 Å². The highest BCUT2D eigenvalue weighted by atomic mass is 35.5. The van der Waals surface area contributed by atoms with Crippen molar-refractivity contribution in [1.82, 2.24) is 4.98 Å². The van der Waals surface area contributed by atoms with Crippen LogP contribution in [0.25, 0.3) is 10.9 Å². The molecule has 5 rings (SSSR count). The topological polar surface area (TPSA) is 107 Å². The van der Waals surface area contributed by atoms with Crippen LogP contribution in [0.5, 0.6) is 11.5 Å². The number of methoxy groups -OCH3 is 1. The van der Waals surface area contributed by atoms with E-state index in [-0.39, 0.29) is 46.2 Å². The van der Waals surface area contributed by atoms with Gasteiger partial charge < -0.3 is 24.5 Å². The molecule has 0 saturated heterocycles. The van der Waals surface area contributed by atoms with Gasteiger partial charge in [0.15, 0.2) is 15.6 Å². The van der Waals surface area contributed by atoms with Crippen molar-refractivity contribution in [3.05, 3.63) is 118 Å². The van der Waals surface area contributed by atoms with Gasteiger partial charge in [0.25, 0.3) is 0 Å². The molecule has 8 nitrogen and oxygen atoms in total. The summed E-state index contributed by atoms with van der Waals surface area (Å²) in [6.45, 7) is 0.637. The van der Waals surface area contributed by atoms with E-state index < -0.39 is 33.4 Å². The summed E-state index contributed by atoms with van der Waals surface area (Å²) in [4.78, 5) is 17.2. The number of anilines is 1. The number of benzene rings is 4. The first-order chi connectivity index (χ1) is 22.3. The lowest BCUT2D eigenvalue weighted by molar-refractivity contribution is -0.137. The Morgan fingerprint density at radius 3 is 2.45 bits per heavy atom. The molecule has 1 aromatic heterocycles. The summed E-state index contributed by atoms with van der Waals surface area (Å²) in [6, 6.07) is 20.2. The van der Waals surface area contributed by atoms with Gasteiger partial charge in [0.05, 0.1) is 30.8 Å². The minimum atomic E-state index is -4.63. The number of nitrogens with one attached hydrogen (secondary N) is 2. The van der Waals surface area contributed by atoms with Crippen LogP contribution in [0.4, 0.5) is 18.9 Å². The molecule has 1 atom stereocenters. The molecular formula is C34H30ClF3N2O6S. The molecule has 0 aliphatic rings. The van der Waals surface area contributed by atoms with Crippen LogP contribution < -0.4 is 14.8 Å². The summed E-state index contributed by atoms with van der Waals surface area (Å²) < 4.78 is 82.8. The Bertz CT molecular complexity index is 2000. The molecule has 0 amide bonds. The number of fused-ring (bicyclic) bond motifs is 1. The number of carbonyl (C=O) groups excluding carboxylic acids is 1. The second-order valence-corrected chi connectivity index (χ2v) is 13.1. The highest BCUT2D eigenvalue weighted by Crippen LogP contribution is 2.37. The van der Waals surface area contributed by atoms with Crippen LogP contribution in [0.1, 0.15) is 33.1 Å².